The molecule has 2 rings (SSSR count). The Morgan fingerprint density at radius 2 is 1.89 bits per heavy atom. The van der Waals surface area contributed by atoms with Crippen molar-refractivity contribution in [3.05, 3.63) is 20.3 Å². The van der Waals surface area contributed by atoms with Crippen LogP contribution in [-0.4, -0.2) is 30.1 Å². The summed E-state index contributed by atoms with van der Waals surface area (Å²) in [6, 6.07) is 3.49. The first-order chi connectivity index (χ1) is 8.97. The SMILES string of the molecule is CC(NC1CCN(C(C)C)CC1)c1cc(Cl)sc1Cl. The molecule has 0 radical (unpaired) electrons. The second kappa shape index (κ2) is 6.77. The highest BCUT2D eigenvalue weighted by Gasteiger charge is 2.23. The minimum atomic E-state index is 0.270. The van der Waals surface area contributed by atoms with E-state index in [9.17, 15) is 0 Å². The van der Waals surface area contributed by atoms with Crippen molar-refractivity contribution in [2.45, 2.75) is 51.7 Å². The Morgan fingerprint density at radius 1 is 1.26 bits per heavy atom. The highest BCUT2D eigenvalue weighted by atomic mass is 35.5. The highest BCUT2D eigenvalue weighted by Crippen LogP contribution is 2.35. The van der Waals surface area contributed by atoms with Gasteiger partial charge in [-0.2, -0.15) is 0 Å². The number of likely N-dealkylation sites (tertiary alicyclic amines) is 1. The van der Waals surface area contributed by atoms with E-state index >= 15 is 0 Å². The molecule has 19 heavy (non-hydrogen) atoms. The Kier molecular flexibility index (Phi) is 5.55. The van der Waals surface area contributed by atoms with Crippen LogP contribution < -0.4 is 5.32 Å². The molecule has 0 spiro atoms. The predicted molar refractivity (Wildman–Crippen MR) is 85.6 cm³/mol. The Balaban J connectivity index is 1.87. The van der Waals surface area contributed by atoms with E-state index in [4.69, 9.17) is 23.2 Å². The van der Waals surface area contributed by atoms with Gasteiger partial charge in [0.1, 0.15) is 0 Å². The summed E-state index contributed by atoms with van der Waals surface area (Å²) < 4.78 is 1.58. The fraction of sp³-hybridized carbons (Fsp3) is 0.714. The molecule has 1 unspecified atom stereocenters. The van der Waals surface area contributed by atoms with Crippen LogP contribution >= 0.6 is 34.5 Å². The molecule has 1 N–H and O–H groups in total. The molecule has 5 heteroatoms. The largest absolute Gasteiger partial charge is 0.307 e. The number of rotatable bonds is 4. The molecule has 1 fully saturated rings. The molecular formula is C14H22Cl2N2S. The average Bonchev–Trinajstić information content (AvgIpc) is 2.69. The van der Waals surface area contributed by atoms with Crippen LogP contribution in [0.25, 0.3) is 0 Å². The van der Waals surface area contributed by atoms with Crippen molar-refractivity contribution in [3.63, 3.8) is 0 Å². The average molecular weight is 321 g/mol. The zero-order valence-corrected chi connectivity index (χ0v) is 14.1. The van der Waals surface area contributed by atoms with Crippen LogP contribution in [0.15, 0.2) is 6.07 Å². The lowest BCUT2D eigenvalue weighted by Crippen LogP contribution is -2.45. The third kappa shape index (κ3) is 4.08. The number of hydrogen-bond donors (Lipinski definition) is 1. The van der Waals surface area contributed by atoms with Gasteiger partial charge in [-0.3, -0.25) is 0 Å². The van der Waals surface area contributed by atoms with E-state index in [0.717, 1.165) is 14.2 Å². The van der Waals surface area contributed by atoms with Crippen LogP contribution in [0.1, 0.15) is 45.2 Å². The first kappa shape index (κ1) is 15.6. The van der Waals surface area contributed by atoms with Gasteiger partial charge in [0.05, 0.1) is 8.67 Å². The summed E-state index contributed by atoms with van der Waals surface area (Å²) >= 11 is 13.7. The molecule has 1 aromatic heterocycles. The van der Waals surface area contributed by atoms with Gasteiger partial charge in [-0.25, -0.2) is 0 Å². The molecule has 1 saturated heterocycles. The van der Waals surface area contributed by atoms with Crippen LogP contribution in [-0.2, 0) is 0 Å². The summed E-state index contributed by atoms with van der Waals surface area (Å²) in [7, 11) is 0. The summed E-state index contributed by atoms with van der Waals surface area (Å²) in [5.41, 5.74) is 1.13. The quantitative estimate of drug-likeness (QED) is 0.873. The van der Waals surface area contributed by atoms with Gasteiger partial charge in [-0.15, -0.1) is 11.3 Å². The molecule has 2 heterocycles. The monoisotopic (exact) mass is 320 g/mol. The van der Waals surface area contributed by atoms with E-state index in [2.05, 4.69) is 31.0 Å². The van der Waals surface area contributed by atoms with E-state index in [-0.39, 0.29) is 6.04 Å². The van der Waals surface area contributed by atoms with Crippen molar-refractivity contribution in [2.75, 3.05) is 13.1 Å². The topological polar surface area (TPSA) is 15.3 Å². The smallest absolute Gasteiger partial charge is 0.0991 e. The number of hydrogen-bond acceptors (Lipinski definition) is 3. The number of nitrogens with one attached hydrogen (secondary N) is 1. The van der Waals surface area contributed by atoms with Gasteiger partial charge in [0.25, 0.3) is 0 Å². The molecular weight excluding hydrogens is 299 g/mol. The minimum Gasteiger partial charge on any atom is -0.307 e. The van der Waals surface area contributed by atoms with Crippen molar-refractivity contribution in [2.24, 2.45) is 0 Å². The molecule has 108 valence electrons. The van der Waals surface area contributed by atoms with Gasteiger partial charge in [0, 0.05) is 18.1 Å². The number of piperidine rings is 1. The lowest BCUT2D eigenvalue weighted by atomic mass is 10.0. The molecule has 0 aliphatic carbocycles. The fourth-order valence-electron chi connectivity index (χ4n) is 2.67. The summed E-state index contributed by atoms with van der Waals surface area (Å²) in [6.45, 7) is 9.06. The minimum absolute atomic E-state index is 0.270. The zero-order valence-electron chi connectivity index (χ0n) is 11.7. The van der Waals surface area contributed by atoms with Crippen LogP contribution in [0.5, 0.6) is 0 Å². The molecule has 0 amide bonds. The second-order valence-corrected chi connectivity index (χ2v) is 7.86. The zero-order chi connectivity index (χ0) is 14.0. The second-order valence-electron chi connectivity index (χ2n) is 5.57. The maximum atomic E-state index is 6.21. The van der Waals surface area contributed by atoms with Gasteiger partial charge >= 0.3 is 0 Å². The number of halogens is 2. The Bertz CT molecular complexity index is 412. The van der Waals surface area contributed by atoms with E-state index in [1.165, 1.54) is 37.3 Å². The lowest BCUT2D eigenvalue weighted by Gasteiger charge is -2.36. The molecule has 1 aliphatic heterocycles. The van der Waals surface area contributed by atoms with E-state index in [1.807, 2.05) is 6.07 Å². The van der Waals surface area contributed by atoms with Gasteiger partial charge in [-0.05, 0) is 58.3 Å². The summed E-state index contributed by atoms with van der Waals surface area (Å²) in [5.74, 6) is 0. The molecule has 0 saturated carbocycles. The Morgan fingerprint density at radius 3 is 2.37 bits per heavy atom. The van der Waals surface area contributed by atoms with Crippen LogP contribution in [0, 0.1) is 0 Å². The Hall–Kier alpha value is 0.200. The normalized spacial score (nSPS) is 20.1. The number of thiophene rings is 1. The van der Waals surface area contributed by atoms with Gasteiger partial charge in [0.2, 0.25) is 0 Å². The molecule has 1 aromatic rings. The van der Waals surface area contributed by atoms with Crippen LogP contribution in [0.3, 0.4) is 0 Å². The van der Waals surface area contributed by atoms with Crippen LogP contribution in [0.2, 0.25) is 8.67 Å². The molecule has 1 atom stereocenters. The van der Waals surface area contributed by atoms with Gasteiger partial charge < -0.3 is 10.2 Å². The van der Waals surface area contributed by atoms with Crippen molar-refractivity contribution >= 4 is 34.5 Å². The first-order valence-electron chi connectivity index (χ1n) is 6.92. The van der Waals surface area contributed by atoms with Crippen molar-refractivity contribution < 1.29 is 0 Å². The molecule has 2 nitrogen and oxygen atoms in total. The maximum absolute atomic E-state index is 6.21. The highest BCUT2D eigenvalue weighted by molar-refractivity contribution is 7.20. The Labute approximate surface area is 130 Å². The van der Waals surface area contributed by atoms with Crippen molar-refractivity contribution in [3.8, 4) is 0 Å². The van der Waals surface area contributed by atoms with Gasteiger partial charge in [0.15, 0.2) is 0 Å². The molecule has 0 aromatic carbocycles. The summed E-state index contributed by atoms with van der Waals surface area (Å²) in [5, 5.41) is 3.69. The van der Waals surface area contributed by atoms with Crippen molar-refractivity contribution in [1.29, 1.82) is 0 Å². The molecule has 1 aliphatic rings. The standard InChI is InChI=1S/C14H22Cl2N2S/c1-9(2)18-6-4-11(5-7-18)17-10(3)12-8-13(15)19-14(12)16/h8-11,17H,4-7H2,1-3H3. The lowest BCUT2D eigenvalue weighted by molar-refractivity contribution is 0.157. The first-order valence-corrected chi connectivity index (χ1v) is 8.49. The third-order valence-electron chi connectivity index (χ3n) is 3.90. The molecule has 0 bridgehead atoms. The summed E-state index contributed by atoms with van der Waals surface area (Å²) in [4.78, 5) is 2.54. The van der Waals surface area contributed by atoms with E-state index < -0.39 is 0 Å². The van der Waals surface area contributed by atoms with Gasteiger partial charge in [-0.1, -0.05) is 23.2 Å². The fourth-order valence-corrected chi connectivity index (χ4v) is 4.32. The van der Waals surface area contributed by atoms with Crippen molar-refractivity contribution in [1.82, 2.24) is 10.2 Å². The van der Waals surface area contributed by atoms with E-state index in [0.29, 0.717) is 12.1 Å². The predicted octanol–water partition coefficient (Wildman–Crippen LogP) is 4.58. The number of nitrogens with zero attached hydrogens (tertiary/aromatic N) is 1. The van der Waals surface area contributed by atoms with Crippen LogP contribution in [0.4, 0.5) is 0 Å². The third-order valence-corrected chi connectivity index (χ3v) is 5.41. The van der Waals surface area contributed by atoms with E-state index in [1.54, 1.807) is 0 Å². The maximum Gasteiger partial charge on any atom is 0.0991 e. The summed E-state index contributed by atoms with van der Waals surface area (Å²) in [6.07, 6.45) is 2.41.